The lowest BCUT2D eigenvalue weighted by atomic mass is 10.1. The van der Waals surface area contributed by atoms with E-state index in [0.717, 1.165) is 11.3 Å². The number of thiocarbonyl (C=S) groups is 1. The van der Waals surface area contributed by atoms with Gasteiger partial charge in [0.05, 0.1) is 16.3 Å². The molecule has 1 aliphatic rings. The van der Waals surface area contributed by atoms with Gasteiger partial charge < -0.3 is 0 Å². The zero-order valence-electron chi connectivity index (χ0n) is 15.0. The number of thiazole rings is 1. The molecule has 30 heavy (non-hydrogen) atoms. The molecule has 2 heterocycles. The standard InChI is InChI=1S/C20H11Cl2N3O3S2/c21-11-6-8-13(9-7-11)25-18(27)14(17(26)23-19(25)29)10-15-16(22)24(20(28)30-15)12-4-2-1-3-5-12/h1-10H,(H,23,26,29)/b14-10+. The number of hydrogen-bond donors (Lipinski definition) is 1. The average Bonchev–Trinajstić information content (AvgIpc) is 3.00. The summed E-state index contributed by atoms with van der Waals surface area (Å²) in [5.74, 6) is -1.30. The van der Waals surface area contributed by atoms with Crippen molar-refractivity contribution in [3.63, 3.8) is 0 Å². The monoisotopic (exact) mass is 475 g/mol. The summed E-state index contributed by atoms with van der Waals surface area (Å²) in [6.07, 6.45) is 1.30. The van der Waals surface area contributed by atoms with Gasteiger partial charge in [-0.05, 0) is 54.7 Å². The predicted molar refractivity (Wildman–Crippen MR) is 123 cm³/mol. The predicted octanol–water partition coefficient (Wildman–Crippen LogP) is 4.04. The minimum absolute atomic E-state index is 0.0504. The molecule has 150 valence electrons. The van der Waals surface area contributed by atoms with Crippen molar-refractivity contribution < 1.29 is 9.59 Å². The van der Waals surface area contributed by atoms with E-state index in [9.17, 15) is 14.4 Å². The lowest BCUT2D eigenvalue weighted by Crippen LogP contribution is -2.54. The van der Waals surface area contributed by atoms with E-state index >= 15 is 0 Å². The van der Waals surface area contributed by atoms with E-state index in [4.69, 9.17) is 35.4 Å². The van der Waals surface area contributed by atoms with E-state index in [2.05, 4.69) is 5.32 Å². The van der Waals surface area contributed by atoms with E-state index in [1.807, 2.05) is 6.07 Å². The molecule has 1 N–H and O–H groups in total. The summed E-state index contributed by atoms with van der Waals surface area (Å²) in [5.41, 5.74) is 0.833. The van der Waals surface area contributed by atoms with E-state index < -0.39 is 11.8 Å². The second kappa shape index (κ2) is 8.16. The van der Waals surface area contributed by atoms with Crippen LogP contribution in [0.15, 0.2) is 65.0 Å². The van der Waals surface area contributed by atoms with Gasteiger partial charge in [0.15, 0.2) is 5.11 Å². The summed E-state index contributed by atoms with van der Waals surface area (Å²) in [5, 5.41) is 3.04. The fraction of sp³-hybridized carbons (Fsp3) is 0. The lowest BCUT2D eigenvalue weighted by Gasteiger charge is -2.28. The molecule has 4 rings (SSSR count). The van der Waals surface area contributed by atoms with Crippen LogP contribution < -0.4 is 15.1 Å². The Kier molecular flexibility index (Phi) is 5.57. The molecule has 0 saturated carbocycles. The van der Waals surface area contributed by atoms with Crippen molar-refractivity contribution in [2.75, 3.05) is 4.90 Å². The van der Waals surface area contributed by atoms with E-state index in [-0.39, 0.29) is 25.6 Å². The number of carbonyl (C=O) groups excluding carboxylic acids is 2. The molecule has 1 aromatic heterocycles. The Hall–Kier alpha value is -2.78. The molecule has 0 spiro atoms. The summed E-state index contributed by atoms with van der Waals surface area (Å²) in [6.45, 7) is 0. The minimum Gasteiger partial charge on any atom is -0.298 e. The van der Waals surface area contributed by atoms with Crippen LogP contribution in [-0.2, 0) is 9.59 Å². The lowest BCUT2D eigenvalue weighted by molar-refractivity contribution is -0.122. The van der Waals surface area contributed by atoms with Gasteiger partial charge in [-0.1, -0.05) is 52.7 Å². The second-order valence-corrected chi connectivity index (χ2v) is 8.30. The number of rotatable bonds is 3. The van der Waals surface area contributed by atoms with Gasteiger partial charge in [-0.25, -0.2) is 0 Å². The molecule has 0 unspecified atom stereocenters. The topological polar surface area (TPSA) is 71.4 Å². The number of nitrogens with zero attached hydrogens (tertiary/aromatic N) is 2. The molecule has 10 heteroatoms. The molecule has 0 bridgehead atoms. The molecular weight excluding hydrogens is 465 g/mol. The van der Waals surface area contributed by atoms with Crippen LogP contribution in [0.25, 0.3) is 11.8 Å². The van der Waals surface area contributed by atoms with Gasteiger partial charge in [0.25, 0.3) is 11.8 Å². The highest BCUT2D eigenvalue weighted by atomic mass is 35.5. The van der Waals surface area contributed by atoms with E-state index in [1.54, 1.807) is 48.5 Å². The van der Waals surface area contributed by atoms with Gasteiger partial charge in [-0.3, -0.25) is 29.2 Å². The number of hydrogen-bond acceptors (Lipinski definition) is 5. The van der Waals surface area contributed by atoms with Gasteiger partial charge in [0.1, 0.15) is 10.7 Å². The largest absolute Gasteiger partial charge is 0.313 e. The van der Waals surface area contributed by atoms with Crippen molar-refractivity contribution in [1.29, 1.82) is 0 Å². The van der Waals surface area contributed by atoms with Gasteiger partial charge in [0, 0.05) is 5.02 Å². The second-order valence-electron chi connectivity index (χ2n) is 6.13. The van der Waals surface area contributed by atoms with Gasteiger partial charge in [0.2, 0.25) is 0 Å². The molecule has 1 aliphatic heterocycles. The number of aromatic nitrogens is 1. The summed E-state index contributed by atoms with van der Waals surface area (Å²) >= 11 is 18.3. The van der Waals surface area contributed by atoms with Crippen molar-refractivity contribution >= 4 is 75.4 Å². The van der Waals surface area contributed by atoms with Crippen molar-refractivity contribution in [2.24, 2.45) is 0 Å². The van der Waals surface area contributed by atoms with Crippen LogP contribution >= 0.6 is 46.8 Å². The Bertz CT molecular complexity index is 1260. The maximum absolute atomic E-state index is 13.1. The van der Waals surface area contributed by atoms with Crippen molar-refractivity contribution in [3.05, 3.63) is 84.9 Å². The minimum atomic E-state index is -0.668. The molecule has 0 aliphatic carbocycles. The number of anilines is 1. The third-order valence-corrected chi connectivity index (χ3v) is 6.17. The van der Waals surface area contributed by atoms with Gasteiger partial charge in [-0.15, -0.1) is 0 Å². The molecule has 0 atom stereocenters. The smallest absolute Gasteiger partial charge is 0.298 e. The van der Waals surface area contributed by atoms with Crippen LogP contribution in [0.5, 0.6) is 0 Å². The van der Waals surface area contributed by atoms with Crippen LogP contribution in [0.3, 0.4) is 0 Å². The van der Waals surface area contributed by atoms with Gasteiger partial charge in [-0.2, -0.15) is 0 Å². The summed E-state index contributed by atoms with van der Waals surface area (Å²) in [6, 6.07) is 15.3. The normalized spacial score (nSPS) is 15.6. The van der Waals surface area contributed by atoms with E-state index in [0.29, 0.717) is 16.4 Å². The first-order chi connectivity index (χ1) is 14.4. The molecule has 3 aromatic rings. The Morgan fingerprint density at radius 3 is 2.27 bits per heavy atom. The number of benzene rings is 2. The molecular formula is C20H11Cl2N3O3S2. The Morgan fingerprint density at radius 2 is 1.60 bits per heavy atom. The van der Waals surface area contributed by atoms with E-state index in [1.165, 1.54) is 15.5 Å². The third-order valence-electron chi connectivity index (χ3n) is 4.26. The number of nitrogens with one attached hydrogen (secondary N) is 1. The highest BCUT2D eigenvalue weighted by molar-refractivity contribution is 7.80. The summed E-state index contributed by atoms with van der Waals surface area (Å²) in [7, 11) is 0. The van der Waals surface area contributed by atoms with Gasteiger partial charge >= 0.3 is 4.87 Å². The van der Waals surface area contributed by atoms with Crippen LogP contribution in [0, 0.1) is 0 Å². The molecule has 2 aromatic carbocycles. The quantitative estimate of drug-likeness (QED) is 0.352. The van der Waals surface area contributed by atoms with Crippen LogP contribution in [0.2, 0.25) is 10.2 Å². The molecule has 6 nitrogen and oxygen atoms in total. The SMILES string of the molecule is O=C1NC(=S)N(c2ccc(Cl)cc2)C(=O)/C1=C/c1sc(=O)n(-c2ccccc2)c1Cl. The fourth-order valence-corrected chi connectivity index (χ4v) is 4.50. The number of amides is 2. The molecule has 0 radical (unpaired) electrons. The average molecular weight is 476 g/mol. The number of para-hydroxylation sites is 1. The van der Waals surface area contributed by atoms with Crippen molar-refractivity contribution in [2.45, 2.75) is 0 Å². The van der Waals surface area contributed by atoms with Crippen LogP contribution in [0.1, 0.15) is 4.88 Å². The Labute approximate surface area is 190 Å². The highest BCUT2D eigenvalue weighted by Gasteiger charge is 2.35. The maximum atomic E-state index is 13.1. The van der Waals surface area contributed by atoms with Crippen LogP contribution in [-0.4, -0.2) is 21.5 Å². The highest BCUT2D eigenvalue weighted by Crippen LogP contribution is 2.28. The fourth-order valence-electron chi connectivity index (χ4n) is 2.87. The maximum Gasteiger partial charge on any atom is 0.313 e. The molecule has 1 fully saturated rings. The first-order valence-corrected chi connectivity index (χ1v) is 10.5. The Balaban J connectivity index is 1.77. The number of halogens is 2. The van der Waals surface area contributed by atoms with Crippen molar-refractivity contribution in [1.82, 2.24) is 9.88 Å². The first-order valence-electron chi connectivity index (χ1n) is 8.50. The Morgan fingerprint density at radius 1 is 0.933 bits per heavy atom. The van der Waals surface area contributed by atoms with Crippen LogP contribution in [0.4, 0.5) is 5.69 Å². The summed E-state index contributed by atoms with van der Waals surface area (Å²) < 4.78 is 1.31. The third kappa shape index (κ3) is 3.70. The zero-order valence-corrected chi connectivity index (χ0v) is 18.1. The molecule has 1 saturated heterocycles. The molecule has 2 amide bonds. The van der Waals surface area contributed by atoms with Crippen molar-refractivity contribution in [3.8, 4) is 5.69 Å². The zero-order chi connectivity index (χ0) is 21.4. The number of carbonyl (C=O) groups is 2. The first kappa shape index (κ1) is 20.5. The summed E-state index contributed by atoms with van der Waals surface area (Å²) in [4.78, 5) is 39.1.